The molecule has 36 heavy (non-hydrogen) atoms. The minimum absolute atomic E-state index is 0.152. The monoisotopic (exact) mass is 501 g/mol. The zero-order valence-corrected chi connectivity index (χ0v) is 20.5. The first-order valence-corrected chi connectivity index (χ1v) is 12.2. The van der Waals surface area contributed by atoms with Crippen LogP contribution in [0.2, 0.25) is 0 Å². The number of ether oxygens (including phenoxy) is 3. The van der Waals surface area contributed by atoms with Gasteiger partial charge >= 0.3 is 17.9 Å². The Hall–Kier alpha value is -2.95. The van der Waals surface area contributed by atoms with Gasteiger partial charge in [0.1, 0.15) is 11.5 Å². The van der Waals surface area contributed by atoms with E-state index >= 15 is 0 Å². The lowest BCUT2D eigenvalue weighted by molar-refractivity contribution is -0.176. The van der Waals surface area contributed by atoms with Gasteiger partial charge in [-0.15, -0.1) is 0 Å². The smallest absolute Gasteiger partial charge is 0.352 e. The van der Waals surface area contributed by atoms with E-state index < -0.39 is 47.0 Å². The van der Waals surface area contributed by atoms with Gasteiger partial charge in [0.15, 0.2) is 12.2 Å². The summed E-state index contributed by atoms with van der Waals surface area (Å²) in [6.07, 6.45) is 0.718. The van der Waals surface area contributed by atoms with E-state index in [0.29, 0.717) is 30.7 Å². The Balaban J connectivity index is 1.44. The number of aliphatic hydroxyl groups excluding tert-OH is 1. The number of carbonyl (C=O) groups excluding carboxylic acids is 2. The molecule has 3 N–H and O–H groups in total. The zero-order chi connectivity index (χ0) is 26.0. The summed E-state index contributed by atoms with van der Waals surface area (Å²) in [4.78, 5) is 38.1. The molecule has 6 atom stereocenters. The molecule has 10 heteroatoms. The van der Waals surface area contributed by atoms with Crippen LogP contribution in [0, 0.1) is 5.92 Å². The number of benzene rings is 1. The van der Waals surface area contributed by atoms with Gasteiger partial charge in [0, 0.05) is 23.6 Å². The summed E-state index contributed by atoms with van der Waals surface area (Å²) in [6, 6.07) is 3.66. The van der Waals surface area contributed by atoms with Crippen LogP contribution in [-0.2, 0) is 42.3 Å². The predicted octanol–water partition coefficient (Wildman–Crippen LogP) is 1.04. The van der Waals surface area contributed by atoms with Crippen molar-refractivity contribution in [2.24, 2.45) is 5.92 Å². The van der Waals surface area contributed by atoms with Crippen LogP contribution in [0.15, 0.2) is 24.0 Å². The van der Waals surface area contributed by atoms with Crippen molar-refractivity contribution in [1.82, 2.24) is 4.90 Å². The Bertz CT molecular complexity index is 1160. The van der Waals surface area contributed by atoms with Crippen LogP contribution < -0.4 is 4.74 Å². The molecule has 5 rings (SSSR count). The summed E-state index contributed by atoms with van der Waals surface area (Å²) in [6.45, 7) is 3.23. The van der Waals surface area contributed by atoms with E-state index in [0.717, 1.165) is 11.1 Å². The van der Waals surface area contributed by atoms with Crippen molar-refractivity contribution in [3.63, 3.8) is 0 Å². The number of carboxylic acid groups (broad SMARTS) is 1. The van der Waals surface area contributed by atoms with Gasteiger partial charge in [0.25, 0.3) is 0 Å². The quantitative estimate of drug-likeness (QED) is 0.464. The maximum Gasteiger partial charge on any atom is 0.352 e. The molecule has 0 amide bonds. The zero-order valence-electron chi connectivity index (χ0n) is 20.5. The molecule has 0 unspecified atom stereocenters. The lowest BCUT2D eigenvalue weighted by Crippen LogP contribution is -2.74. The number of esters is 2. The number of aliphatic carboxylic acids is 1. The molecule has 2 bridgehead atoms. The molecule has 2 heterocycles. The van der Waals surface area contributed by atoms with E-state index in [4.69, 9.17) is 19.3 Å². The van der Waals surface area contributed by atoms with Gasteiger partial charge in [-0.3, -0.25) is 9.59 Å². The fraction of sp³-hybridized carbons (Fsp3) is 0.577. The molecule has 0 aromatic heterocycles. The van der Waals surface area contributed by atoms with Crippen LogP contribution in [0.3, 0.4) is 0 Å². The molecule has 10 nitrogen and oxygen atoms in total. The molecule has 2 aliphatic carbocycles. The van der Waals surface area contributed by atoms with E-state index in [1.165, 1.54) is 13.8 Å². The number of likely N-dealkylation sites (tertiary alicyclic amines) is 1. The van der Waals surface area contributed by atoms with Gasteiger partial charge in [-0.05, 0) is 45.0 Å². The van der Waals surface area contributed by atoms with Crippen LogP contribution in [0.25, 0.3) is 0 Å². The van der Waals surface area contributed by atoms with E-state index in [1.54, 1.807) is 6.08 Å². The van der Waals surface area contributed by atoms with Gasteiger partial charge in [-0.25, -0.2) is 4.79 Å². The fourth-order valence-electron chi connectivity index (χ4n) is 6.46. The van der Waals surface area contributed by atoms with Gasteiger partial charge in [-0.2, -0.15) is 0 Å². The lowest BCUT2D eigenvalue weighted by Gasteiger charge is -2.61. The summed E-state index contributed by atoms with van der Waals surface area (Å²) in [5.74, 6) is -2.93. The number of hydrogen-bond acceptors (Lipinski definition) is 9. The molecule has 1 fully saturated rings. The molecular weight excluding hydrogens is 470 g/mol. The van der Waals surface area contributed by atoms with Crippen LogP contribution in [0.5, 0.6) is 5.75 Å². The summed E-state index contributed by atoms with van der Waals surface area (Å²) in [5, 5.41) is 31.1. The Morgan fingerprint density at radius 3 is 2.72 bits per heavy atom. The average Bonchev–Trinajstić information content (AvgIpc) is 3.18. The first-order chi connectivity index (χ1) is 17.0. The van der Waals surface area contributed by atoms with Crippen LogP contribution >= 0.6 is 0 Å². The third-order valence-corrected chi connectivity index (χ3v) is 8.38. The first-order valence-electron chi connectivity index (χ1n) is 12.2. The standard InChI is InChI=1S/C26H31NO9/c1-13(23(30)31)10-19(29)34-14(2)24(32)35-17-6-7-26(33)18-11-15-4-5-16(12-28)21-20(15)25(26,22(17)36-21)8-9-27(18)3/h4-6,13-14,18,22,28,33H,7-12H2,1-3H3,(H,30,31)/t13-,14-,18+,22-,25-,26+/m0/s1. The molecule has 2 aliphatic heterocycles. The van der Waals surface area contributed by atoms with Gasteiger partial charge in [0.2, 0.25) is 0 Å². The normalized spacial score (nSPS) is 31.4. The van der Waals surface area contributed by atoms with E-state index in [2.05, 4.69) is 4.90 Å². The topological polar surface area (TPSA) is 143 Å². The molecule has 1 saturated heterocycles. The molecule has 0 saturated carbocycles. The van der Waals surface area contributed by atoms with Crippen molar-refractivity contribution in [3.8, 4) is 5.75 Å². The van der Waals surface area contributed by atoms with Crippen molar-refractivity contribution in [2.75, 3.05) is 13.6 Å². The van der Waals surface area contributed by atoms with Crippen molar-refractivity contribution < 1.29 is 43.9 Å². The number of hydrogen-bond donors (Lipinski definition) is 3. The van der Waals surface area contributed by atoms with Gasteiger partial charge < -0.3 is 34.4 Å². The van der Waals surface area contributed by atoms with Crippen LogP contribution in [0.1, 0.15) is 49.8 Å². The maximum atomic E-state index is 12.9. The molecule has 0 radical (unpaired) electrons. The summed E-state index contributed by atoms with van der Waals surface area (Å²) < 4.78 is 17.2. The second-order valence-corrected chi connectivity index (χ2v) is 10.4. The van der Waals surface area contributed by atoms with Gasteiger partial charge in [-0.1, -0.05) is 19.1 Å². The Morgan fingerprint density at radius 2 is 2.03 bits per heavy atom. The van der Waals surface area contributed by atoms with E-state index in [1.807, 2.05) is 19.2 Å². The minimum Gasteiger partial charge on any atom is -0.481 e. The number of carboxylic acids is 1. The van der Waals surface area contributed by atoms with Crippen LogP contribution in [0.4, 0.5) is 0 Å². The third-order valence-electron chi connectivity index (χ3n) is 8.38. The number of nitrogens with zero attached hydrogens (tertiary/aromatic N) is 1. The number of carbonyl (C=O) groups is 3. The summed E-state index contributed by atoms with van der Waals surface area (Å²) in [5.41, 5.74) is 0.540. The van der Waals surface area contributed by atoms with Crippen molar-refractivity contribution in [3.05, 3.63) is 40.7 Å². The second-order valence-electron chi connectivity index (χ2n) is 10.4. The highest BCUT2D eigenvalue weighted by molar-refractivity contribution is 5.82. The van der Waals surface area contributed by atoms with Crippen molar-refractivity contribution in [1.29, 1.82) is 0 Å². The largest absolute Gasteiger partial charge is 0.481 e. The highest BCUT2D eigenvalue weighted by atomic mass is 16.6. The second kappa shape index (κ2) is 8.57. The number of likely N-dealkylation sites (N-methyl/N-ethyl adjacent to an activating group) is 1. The lowest BCUT2D eigenvalue weighted by atomic mass is 9.50. The fourth-order valence-corrected chi connectivity index (χ4v) is 6.46. The van der Waals surface area contributed by atoms with E-state index in [9.17, 15) is 24.6 Å². The predicted molar refractivity (Wildman–Crippen MR) is 124 cm³/mol. The number of aliphatic hydroxyl groups is 2. The third kappa shape index (κ3) is 3.38. The van der Waals surface area contributed by atoms with Gasteiger partial charge in [0.05, 0.1) is 30.0 Å². The van der Waals surface area contributed by atoms with Crippen molar-refractivity contribution >= 4 is 17.9 Å². The van der Waals surface area contributed by atoms with Crippen molar-refractivity contribution in [2.45, 2.75) is 75.4 Å². The number of piperidine rings is 1. The minimum atomic E-state index is -1.26. The highest BCUT2D eigenvalue weighted by Gasteiger charge is 2.71. The molecule has 1 spiro atoms. The molecule has 1 aromatic rings. The average molecular weight is 502 g/mol. The maximum absolute atomic E-state index is 12.9. The summed E-state index contributed by atoms with van der Waals surface area (Å²) >= 11 is 0. The first kappa shape index (κ1) is 24.7. The highest BCUT2D eigenvalue weighted by Crippen LogP contribution is 2.64. The Labute approximate surface area is 208 Å². The van der Waals surface area contributed by atoms with Crippen LogP contribution in [-0.4, -0.2) is 75.6 Å². The molecule has 1 aromatic carbocycles. The Kier molecular flexibility index (Phi) is 5.89. The number of rotatable bonds is 7. The molecule has 194 valence electrons. The molecular formula is C26H31NO9. The molecule has 4 aliphatic rings. The Morgan fingerprint density at radius 1 is 1.28 bits per heavy atom. The van der Waals surface area contributed by atoms with E-state index in [-0.39, 0.29) is 31.2 Å². The summed E-state index contributed by atoms with van der Waals surface area (Å²) in [7, 11) is 1.99. The SMILES string of the molecule is C[C@H](OC(=O)C[C@H](C)C(=O)O)C(=O)OC1=CC[C@@]2(O)[C@H]3Cc4ccc(CO)c5c4[C@@]2(CCN3C)[C@H]1O5.